The Morgan fingerprint density at radius 2 is 1.82 bits per heavy atom. The van der Waals surface area contributed by atoms with Crippen molar-refractivity contribution in [2.75, 3.05) is 12.0 Å². The number of anilines is 1. The van der Waals surface area contributed by atoms with Gasteiger partial charge in [0, 0.05) is 17.4 Å². The van der Waals surface area contributed by atoms with Crippen LogP contribution in [0.5, 0.6) is 5.75 Å². The summed E-state index contributed by atoms with van der Waals surface area (Å²) in [5, 5.41) is 11.5. The minimum absolute atomic E-state index is 0.0215. The van der Waals surface area contributed by atoms with E-state index in [1.54, 1.807) is 37.6 Å². The molecule has 0 aliphatic carbocycles. The Morgan fingerprint density at radius 3 is 2.44 bits per heavy atom. The Hall–Kier alpha value is -3.93. The lowest BCUT2D eigenvalue weighted by Gasteiger charge is -2.25. The van der Waals surface area contributed by atoms with Crippen LogP contribution in [0, 0.1) is 13.8 Å². The fourth-order valence-corrected chi connectivity index (χ4v) is 4.42. The molecule has 1 amide bonds. The number of aryl methyl sites for hydroxylation is 2. The number of nitrogens with zero attached hydrogens (tertiary/aromatic N) is 2. The van der Waals surface area contributed by atoms with Gasteiger partial charge in [0.15, 0.2) is 0 Å². The van der Waals surface area contributed by atoms with Crippen LogP contribution >= 0.6 is 0 Å². The number of ketones is 1. The number of carbonyl (C=O) groups excluding carboxylic acids is 2. The lowest BCUT2D eigenvalue weighted by molar-refractivity contribution is -0.132. The number of methoxy groups -OCH3 is 1. The maximum atomic E-state index is 13.4. The zero-order chi connectivity index (χ0) is 24.6. The minimum Gasteiger partial charge on any atom is -0.507 e. The van der Waals surface area contributed by atoms with Gasteiger partial charge in [-0.2, -0.15) is 0 Å². The molecule has 1 saturated heterocycles. The van der Waals surface area contributed by atoms with Crippen LogP contribution in [-0.2, 0) is 9.59 Å². The second kappa shape index (κ2) is 9.14. The Morgan fingerprint density at radius 1 is 1.06 bits per heavy atom. The molecule has 1 unspecified atom stereocenters. The summed E-state index contributed by atoms with van der Waals surface area (Å²) in [5.41, 5.74) is 4.18. The highest BCUT2D eigenvalue weighted by Crippen LogP contribution is 2.43. The number of aliphatic hydroxyl groups excluding tert-OH is 1. The predicted octanol–water partition coefficient (Wildman–Crippen LogP) is 5.46. The second-order valence-electron chi connectivity index (χ2n) is 8.83. The van der Waals surface area contributed by atoms with Gasteiger partial charge in [-0.3, -0.25) is 19.5 Å². The third kappa shape index (κ3) is 3.96. The molecule has 6 nitrogen and oxygen atoms in total. The molecule has 3 aromatic rings. The average molecular weight is 457 g/mol. The number of pyridine rings is 1. The third-order valence-electron chi connectivity index (χ3n) is 6.15. The largest absolute Gasteiger partial charge is 0.507 e. The zero-order valence-corrected chi connectivity index (χ0v) is 20.0. The quantitative estimate of drug-likeness (QED) is 0.313. The highest BCUT2D eigenvalue weighted by Gasteiger charge is 2.47. The van der Waals surface area contributed by atoms with Crippen molar-refractivity contribution in [3.63, 3.8) is 0 Å². The van der Waals surface area contributed by atoms with Crippen LogP contribution in [-0.4, -0.2) is 28.9 Å². The molecule has 2 heterocycles. The molecule has 1 N–H and O–H groups in total. The monoisotopic (exact) mass is 456 g/mol. The van der Waals surface area contributed by atoms with E-state index in [0.29, 0.717) is 22.7 Å². The summed E-state index contributed by atoms with van der Waals surface area (Å²) >= 11 is 0. The molecule has 1 aliphatic rings. The normalized spacial score (nSPS) is 17.5. The van der Waals surface area contributed by atoms with Crippen LogP contribution in [0.2, 0.25) is 0 Å². The Balaban J connectivity index is 1.98. The SMILES string of the molecule is COc1cc(C)c(/C(O)=C2\C(=O)C(=O)N(c3cccc(C)c3)C2c2ccccn2)cc1C(C)C. The number of aliphatic hydroxyl groups is 1. The van der Waals surface area contributed by atoms with Gasteiger partial charge in [0.05, 0.1) is 18.4 Å². The van der Waals surface area contributed by atoms with E-state index in [1.165, 1.54) is 4.90 Å². The van der Waals surface area contributed by atoms with Gasteiger partial charge < -0.3 is 9.84 Å². The lowest BCUT2D eigenvalue weighted by Crippen LogP contribution is -2.29. The first kappa shape index (κ1) is 23.2. The summed E-state index contributed by atoms with van der Waals surface area (Å²) in [4.78, 5) is 32.5. The van der Waals surface area contributed by atoms with Crippen molar-refractivity contribution < 1.29 is 19.4 Å². The van der Waals surface area contributed by atoms with E-state index in [1.807, 2.05) is 58.0 Å². The summed E-state index contributed by atoms with van der Waals surface area (Å²) in [6.07, 6.45) is 1.61. The van der Waals surface area contributed by atoms with Crippen LogP contribution in [0.3, 0.4) is 0 Å². The smallest absolute Gasteiger partial charge is 0.300 e. The summed E-state index contributed by atoms with van der Waals surface area (Å²) in [7, 11) is 1.61. The molecule has 1 fully saturated rings. The maximum Gasteiger partial charge on any atom is 0.300 e. The first-order valence-electron chi connectivity index (χ1n) is 11.2. The summed E-state index contributed by atoms with van der Waals surface area (Å²) < 4.78 is 5.53. The molecule has 1 atom stereocenters. The number of carbonyl (C=O) groups is 2. The van der Waals surface area contributed by atoms with Gasteiger partial charge >= 0.3 is 0 Å². The van der Waals surface area contributed by atoms with E-state index in [4.69, 9.17) is 4.74 Å². The molecule has 0 saturated carbocycles. The van der Waals surface area contributed by atoms with E-state index in [0.717, 1.165) is 16.7 Å². The summed E-state index contributed by atoms with van der Waals surface area (Å²) in [6, 6.07) is 15.5. The number of Topliss-reactive ketones (excluding diaryl/α,β-unsaturated/α-hetero) is 1. The topological polar surface area (TPSA) is 79.7 Å². The van der Waals surface area contributed by atoms with Gasteiger partial charge in [-0.25, -0.2) is 0 Å². The van der Waals surface area contributed by atoms with Gasteiger partial charge in [-0.1, -0.05) is 32.0 Å². The molecule has 6 heteroatoms. The number of hydrogen-bond donors (Lipinski definition) is 1. The molecule has 34 heavy (non-hydrogen) atoms. The molecule has 0 radical (unpaired) electrons. The van der Waals surface area contributed by atoms with E-state index in [2.05, 4.69) is 4.98 Å². The van der Waals surface area contributed by atoms with E-state index in [-0.39, 0.29) is 17.3 Å². The highest BCUT2D eigenvalue weighted by atomic mass is 16.5. The fraction of sp³-hybridized carbons (Fsp3) is 0.250. The van der Waals surface area contributed by atoms with Gasteiger partial charge in [-0.05, 0) is 72.9 Å². The van der Waals surface area contributed by atoms with Crippen LogP contribution in [0.15, 0.2) is 66.4 Å². The standard InChI is InChI=1S/C28H28N2O4/c1-16(2)20-15-21(18(4)14-23(20)34-5)26(31)24-25(22-11-6-7-12-29-22)30(28(33)27(24)32)19-10-8-9-17(3)13-19/h6-16,25,31H,1-5H3/b26-24+. The van der Waals surface area contributed by atoms with Crippen LogP contribution in [0.1, 0.15) is 53.8 Å². The summed E-state index contributed by atoms with van der Waals surface area (Å²) in [6.45, 7) is 7.82. The van der Waals surface area contributed by atoms with Crippen molar-refractivity contribution in [3.8, 4) is 5.75 Å². The van der Waals surface area contributed by atoms with Crippen molar-refractivity contribution in [3.05, 3.63) is 94.3 Å². The lowest BCUT2D eigenvalue weighted by atomic mass is 9.92. The van der Waals surface area contributed by atoms with Crippen LogP contribution in [0.25, 0.3) is 5.76 Å². The molecule has 174 valence electrons. The zero-order valence-electron chi connectivity index (χ0n) is 20.0. The van der Waals surface area contributed by atoms with Crippen molar-refractivity contribution >= 4 is 23.1 Å². The Bertz CT molecular complexity index is 1300. The van der Waals surface area contributed by atoms with Gasteiger partial charge in [-0.15, -0.1) is 0 Å². The Labute approximate surface area is 199 Å². The van der Waals surface area contributed by atoms with Crippen molar-refractivity contribution in [2.45, 2.75) is 39.7 Å². The summed E-state index contributed by atoms with van der Waals surface area (Å²) in [5.74, 6) is -0.811. The van der Waals surface area contributed by atoms with Crippen LogP contribution < -0.4 is 9.64 Å². The fourth-order valence-electron chi connectivity index (χ4n) is 4.42. The van der Waals surface area contributed by atoms with E-state index in [9.17, 15) is 14.7 Å². The number of amides is 1. The molecule has 1 aromatic heterocycles. The van der Waals surface area contributed by atoms with Crippen LogP contribution in [0.4, 0.5) is 5.69 Å². The van der Waals surface area contributed by atoms with E-state index < -0.39 is 17.7 Å². The molecule has 0 bridgehead atoms. The number of rotatable bonds is 5. The highest BCUT2D eigenvalue weighted by molar-refractivity contribution is 6.51. The average Bonchev–Trinajstić information content (AvgIpc) is 3.09. The molecular weight excluding hydrogens is 428 g/mol. The number of ether oxygens (including phenoxy) is 1. The molecular formula is C28H28N2O4. The maximum absolute atomic E-state index is 13.4. The number of aromatic nitrogens is 1. The molecule has 1 aliphatic heterocycles. The molecule has 2 aromatic carbocycles. The molecule has 4 rings (SSSR count). The van der Waals surface area contributed by atoms with Crippen molar-refractivity contribution in [2.24, 2.45) is 0 Å². The molecule has 0 spiro atoms. The first-order valence-corrected chi connectivity index (χ1v) is 11.2. The third-order valence-corrected chi connectivity index (χ3v) is 6.15. The van der Waals surface area contributed by atoms with Gasteiger partial charge in [0.25, 0.3) is 11.7 Å². The van der Waals surface area contributed by atoms with Gasteiger partial charge in [0.2, 0.25) is 0 Å². The van der Waals surface area contributed by atoms with Crippen molar-refractivity contribution in [1.82, 2.24) is 4.98 Å². The Kier molecular flexibility index (Phi) is 6.24. The number of benzene rings is 2. The minimum atomic E-state index is -0.855. The van der Waals surface area contributed by atoms with Crippen molar-refractivity contribution in [1.29, 1.82) is 0 Å². The second-order valence-corrected chi connectivity index (χ2v) is 8.83. The predicted molar refractivity (Wildman–Crippen MR) is 132 cm³/mol. The first-order chi connectivity index (χ1) is 16.2. The van der Waals surface area contributed by atoms with Gasteiger partial charge in [0.1, 0.15) is 17.6 Å². The van der Waals surface area contributed by atoms with E-state index >= 15 is 0 Å². The number of hydrogen-bond acceptors (Lipinski definition) is 5.